The summed E-state index contributed by atoms with van der Waals surface area (Å²) in [5.74, 6) is 0.570. The van der Waals surface area contributed by atoms with Gasteiger partial charge in [0, 0.05) is 14.1 Å². The van der Waals surface area contributed by atoms with Crippen molar-refractivity contribution >= 4 is 25.7 Å². The van der Waals surface area contributed by atoms with Crippen molar-refractivity contribution < 1.29 is 21.6 Å². The fraction of sp³-hybridized carbons (Fsp3) is 0.250. The summed E-state index contributed by atoms with van der Waals surface area (Å²) in [6, 6.07) is 11.6. The Morgan fingerprint density at radius 2 is 1.60 bits per heavy atom. The largest absolute Gasteiger partial charge is 0.494 e. The van der Waals surface area contributed by atoms with E-state index in [1.807, 2.05) is 6.92 Å². The van der Waals surface area contributed by atoms with Crippen molar-refractivity contribution in [2.45, 2.75) is 16.7 Å². The van der Waals surface area contributed by atoms with Gasteiger partial charge >= 0.3 is 0 Å². The number of nitrogens with zero attached hydrogens (tertiary/aromatic N) is 1. The zero-order valence-electron chi connectivity index (χ0n) is 14.1. The van der Waals surface area contributed by atoms with Crippen LogP contribution in [0.3, 0.4) is 0 Å². The van der Waals surface area contributed by atoms with Crippen LogP contribution >= 0.6 is 0 Å². The number of ether oxygens (including phenoxy) is 1. The maximum Gasteiger partial charge on any atom is 0.261 e. The fourth-order valence-corrected chi connectivity index (χ4v) is 4.02. The molecule has 0 saturated heterocycles. The number of hydrogen-bond acceptors (Lipinski definition) is 5. The van der Waals surface area contributed by atoms with Crippen molar-refractivity contribution in [1.82, 2.24) is 4.31 Å². The first-order valence-electron chi connectivity index (χ1n) is 7.45. The maximum atomic E-state index is 12.5. The molecule has 25 heavy (non-hydrogen) atoms. The number of hydrogen-bond donors (Lipinski definition) is 1. The molecule has 0 aliphatic carbocycles. The highest BCUT2D eigenvalue weighted by Gasteiger charge is 2.19. The normalized spacial score (nSPS) is 12.2. The van der Waals surface area contributed by atoms with Crippen LogP contribution in [0.1, 0.15) is 6.92 Å². The Hall–Kier alpha value is -2.10. The Balaban J connectivity index is 2.29. The summed E-state index contributed by atoms with van der Waals surface area (Å²) in [7, 11) is -4.67. The molecule has 2 rings (SSSR count). The van der Waals surface area contributed by atoms with Gasteiger partial charge in [-0.2, -0.15) is 0 Å². The Morgan fingerprint density at radius 1 is 0.960 bits per heavy atom. The molecule has 2 aromatic rings. The highest BCUT2D eigenvalue weighted by atomic mass is 32.2. The van der Waals surface area contributed by atoms with E-state index >= 15 is 0 Å². The molecule has 136 valence electrons. The number of nitrogens with one attached hydrogen (secondary N) is 1. The lowest BCUT2D eigenvalue weighted by atomic mass is 10.3. The quantitative estimate of drug-likeness (QED) is 0.789. The molecule has 0 spiro atoms. The molecule has 0 unspecified atom stereocenters. The Labute approximate surface area is 148 Å². The predicted molar refractivity (Wildman–Crippen MR) is 95.7 cm³/mol. The highest BCUT2D eigenvalue weighted by molar-refractivity contribution is 7.92. The minimum Gasteiger partial charge on any atom is -0.494 e. The van der Waals surface area contributed by atoms with Gasteiger partial charge in [0.25, 0.3) is 10.0 Å². The van der Waals surface area contributed by atoms with E-state index in [0.717, 1.165) is 4.31 Å². The van der Waals surface area contributed by atoms with Gasteiger partial charge < -0.3 is 4.74 Å². The van der Waals surface area contributed by atoms with E-state index in [0.29, 0.717) is 12.4 Å². The van der Waals surface area contributed by atoms with Crippen molar-refractivity contribution in [3.8, 4) is 5.75 Å². The molecule has 0 aliphatic rings. The summed E-state index contributed by atoms with van der Waals surface area (Å²) < 4.78 is 57.9. The van der Waals surface area contributed by atoms with Crippen LogP contribution in [-0.2, 0) is 20.0 Å². The lowest BCUT2D eigenvalue weighted by Crippen LogP contribution is -2.22. The number of rotatable bonds is 7. The SMILES string of the molecule is CCOc1ccc(S(=O)(=O)Nc2cccc(S(=O)(=O)N(C)C)c2)cc1. The Bertz CT molecular complexity index is 937. The zero-order valence-corrected chi connectivity index (χ0v) is 15.8. The van der Waals surface area contributed by atoms with Gasteiger partial charge in [-0.3, -0.25) is 4.72 Å². The molecule has 1 N–H and O–H groups in total. The summed E-state index contributed by atoms with van der Waals surface area (Å²) in [6.07, 6.45) is 0. The van der Waals surface area contributed by atoms with Gasteiger partial charge in [-0.25, -0.2) is 21.1 Å². The van der Waals surface area contributed by atoms with Crippen LogP contribution in [0.5, 0.6) is 5.75 Å². The van der Waals surface area contributed by atoms with Crippen molar-refractivity contribution in [1.29, 1.82) is 0 Å². The Morgan fingerprint density at radius 3 is 2.16 bits per heavy atom. The average Bonchev–Trinajstić information content (AvgIpc) is 2.55. The molecule has 7 nitrogen and oxygen atoms in total. The van der Waals surface area contributed by atoms with Gasteiger partial charge in [-0.15, -0.1) is 0 Å². The van der Waals surface area contributed by atoms with E-state index in [1.54, 1.807) is 12.1 Å². The lowest BCUT2D eigenvalue weighted by Gasteiger charge is -2.13. The molecule has 0 amide bonds. The molecule has 9 heteroatoms. The van der Waals surface area contributed by atoms with Crippen LogP contribution in [0.2, 0.25) is 0 Å². The molecule has 0 atom stereocenters. The van der Waals surface area contributed by atoms with Crippen molar-refractivity contribution in [3.63, 3.8) is 0 Å². The topological polar surface area (TPSA) is 92.8 Å². The standard InChI is InChI=1S/C16H20N2O5S2/c1-4-23-14-8-10-15(11-9-14)24(19,20)17-13-6-5-7-16(12-13)25(21,22)18(2)3/h5-12,17H,4H2,1-3H3. The molecular formula is C16H20N2O5S2. The monoisotopic (exact) mass is 384 g/mol. The van der Waals surface area contributed by atoms with Crippen molar-refractivity contribution in [3.05, 3.63) is 48.5 Å². The fourth-order valence-electron chi connectivity index (χ4n) is 2.03. The first-order chi connectivity index (χ1) is 11.7. The van der Waals surface area contributed by atoms with Gasteiger partial charge in [-0.1, -0.05) is 6.07 Å². The third-order valence-electron chi connectivity index (χ3n) is 3.31. The summed E-state index contributed by atoms with van der Waals surface area (Å²) in [4.78, 5) is 0.0567. The molecule has 0 saturated carbocycles. The van der Waals surface area contributed by atoms with E-state index in [1.165, 1.54) is 50.5 Å². The zero-order chi connectivity index (χ0) is 18.7. The third-order valence-corrected chi connectivity index (χ3v) is 6.52. The van der Waals surface area contributed by atoms with E-state index in [2.05, 4.69) is 4.72 Å². The molecule has 0 aliphatic heterocycles. The van der Waals surface area contributed by atoms with E-state index in [-0.39, 0.29) is 15.5 Å². The smallest absolute Gasteiger partial charge is 0.261 e. The van der Waals surface area contributed by atoms with Crippen LogP contribution in [-0.4, -0.2) is 41.8 Å². The van der Waals surface area contributed by atoms with Crippen LogP contribution in [0.15, 0.2) is 58.3 Å². The molecule has 0 aromatic heterocycles. The molecular weight excluding hydrogens is 364 g/mol. The second-order valence-electron chi connectivity index (χ2n) is 5.33. The second-order valence-corrected chi connectivity index (χ2v) is 9.16. The summed E-state index contributed by atoms with van der Waals surface area (Å²) in [5.41, 5.74) is 0.164. The lowest BCUT2D eigenvalue weighted by molar-refractivity contribution is 0.340. The number of sulfonamides is 2. The van der Waals surface area contributed by atoms with Gasteiger partial charge in [0.2, 0.25) is 10.0 Å². The first-order valence-corrected chi connectivity index (χ1v) is 10.4. The van der Waals surface area contributed by atoms with Gasteiger partial charge in [0.15, 0.2) is 0 Å². The van der Waals surface area contributed by atoms with E-state index in [4.69, 9.17) is 4.74 Å². The second kappa shape index (κ2) is 7.42. The highest BCUT2D eigenvalue weighted by Crippen LogP contribution is 2.22. The van der Waals surface area contributed by atoms with E-state index in [9.17, 15) is 16.8 Å². The minimum atomic E-state index is -3.84. The van der Waals surface area contributed by atoms with Gasteiger partial charge in [0.05, 0.1) is 22.1 Å². The molecule has 0 bridgehead atoms. The first kappa shape index (κ1) is 19.2. The maximum absolute atomic E-state index is 12.5. The molecule has 0 fully saturated rings. The summed E-state index contributed by atoms with van der Waals surface area (Å²) in [5, 5.41) is 0. The van der Waals surface area contributed by atoms with E-state index < -0.39 is 20.0 Å². The van der Waals surface area contributed by atoms with Gasteiger partial charge in [-0.05, 0) is 49.4 Å². The van der Waals surface area contributed by atoms with Crippen LogP contribution in [0, 0.1) is 0 Å². The van der Waals surface area contributed by atoms with Crippen LogP contribution < -0.4 is 9.46 Å². The Kier molecular flexibility index (Phi) is 5.71. The van der Waals surface area contributed by atoms with Crippen molar-refractivity contribution in [2.24, 2.45) is 0 Å². The van der Waals surface area contributed by atoms with Gasteiger partial charge in [0.1, 0.15) is 5.75 Å². The van der Waals surface area contributed by atoms with Crippen LogP contribution in [0.4, 0.5) is 5.69 Å². The minimum absolute atomic E-state index is 0.00407. The average molecular weight is 384 g/mol. The molecule has 2 aromatic carbocycles. The number of benzene rings is 2. The predicted octanol–water partition coefficient (Wildman–Crippen LogP) is 2.14. The summed E-state index contributed by atoms with van der Waals surface area (Å²) in [6.45, 7) is 2.32. The summed E-state index contributed by atoms with van der Waals surface area (Å²) >= 11 is 0. The van der Waals surface area contributed by atoms with Crippen LogP contribution in [0.25, 0.3) is 0 Å². The number of anilines is 1. The van der Waals surface area contributed by atoms with Crippen molar-refractivity contribution in [2.75, 3.05) is 25.4 Å². The third kappa shape index (κ3) is 4.50. The molecule has 0 heterocycles. The molecule has 0 radical (unpaired) electrons.